The third kappa shape index (κ3) is 4.84. The van der Waals surface area contributed by atoms with Crippen LogP contribution in [-0.4, -0.2) is 63.4 Å². The molecule has 3 aliphatic heterocycles. The number of likely N-dealkylation sites (tertiary alicyclic amines) is 1. The summed E-state index contributed by atoms with van der Waals surface area (Å²) < 4.78 is 17.0. The fourth-order valence-electron chi connectivity index (χ4n) is 4.74. The molecule has 2 saturated heterocycles. The van der Waals surface area contributed by atoms with E-state index in [0.29, 0.717) is 19.8 Å². The zero-order chi connectivity index (χ0) is 21.8. The summed E-state index contributed by atoms with van der Waals surface area (Å²) in [6.07, 6.45) is 3.02. The number of rotatable bonds is 5. The van der Waals surface area contributed by atoms with Gasteiger partial charge in [-0.05, 0) is 61.3 Å². The summed E-state index contributed by atoms with van der Waals surface area (Å²) >= 11 is 0. The highest BCUT2D eigenvalue weighted by Crippen LogP contribution is 2.37. The highest BCUT2D eigenvalue weighted by Gasteiger charge is 2.28. The van der Waals surface area contributed by atoms with E-state index in [2.05, 4.69) is 39.4 Å². The Bertz CT molecular complexity index is 927. The fourth-order valence-corrected chi connectivity index (χ4v) is 4.74. The van der Waals surface area contributed by atoms with E-state index in [-0.39, 0.29) is 11.9 Å². The Balaban J connectivity index is 1.20. The molecular formula is C25H31N3O4. The van der Waals surface area contributed by atoms with E-state index in [1.54, 1.807) is 0 Å². The van der Waals surface area contributed by atoms with Crippen LogP contribution < -0.4 is 19.7 Å². The zero-order valence-corrected chi connectivity index (χ0v) is 18.4. The van der Waals surface area contributed by atoms with Crippen LogP contribution in [0.5, 0.6) is 11.5 Å². The molecule has 1 atom stereocenters. The molecule has 3 aliphatic rings. The largest absolute Gasteiger partial charge is 0.490 e. The van der Waals surface area contributed by atoms with Crippen LogP contribution >= 0.6 is 0 Å². The second-order valence-corrected chi connectivity index (χ2v) is 8.58. The van der Waals surface area contributed by atoms with Crippen LogP contribution in [0.2, 0.25) is 0 Å². The summed E-state index contributed by atoms with van der Waals surface area (Å²) in [5, 5.41) is 3.06. The summed E-state index contributed by atoms with van der Waals surface area (Å²) in [7, 11) is 0. The van der Waals surface area contributed by atoms with Crippen molar-refractivity contribution in [3.05, 3.63) is 48.0 Å². The van der Waals surface area contributed by atoms with Crippen molar-refractivity contribution >= 4 is 17.3 Å². The number of anilines is 2. The second kappa shape index (κ2) is 9.79. The van der Waals surface area contributed by atoms with Gasteiger partial charge in [-0.2, -0.15) is 0 Å². The lowest BCUT2D eigenvalue weighted by Gasteiger charge is -2.29. The molecule has 1 amide bonds. The van der Waals surface area contributed by atoms with Crippen LogP contribution in [0.1, 0.15) is 30.9 Å². The number of nitrogens with one attached hydrogen (secondary N) is 1. The second-order valence-electron chi connectivity index (χ2n) is 8.58. The van der Waals surface area contributed by atoms with Crippen molar-refractivity contribution in [1.29, 1.82) is 0 Å². The SMILES string of the molecule is O=C(CN1CCC[C@@H]1c1ccc2c(c1)OCCCO2)Nc1ccc(N2CCOCC2)cc1. The van der Waals surface area contributed by atoms with Crippen LogP contribution in [0.15, 0.2) is 42.5 Å². The molecule has 32 heavy (non-hydrogen) atoms. The van der Waals surface area contributed by atoms with Gasteiger partial charge in [0.2, 0.25) is 5.91 Å². The van der Waals surface area contributed by atoms with Crippen LogP contribution in [-0.2, 0) is 9.53 Å². The molecule has 3 heterocycles. The minimum absolute atomic E-state index is 0.0189. The number of hydrogen-bond donors (Lipinski definition) is 1. The number of ether oxygens (including phenoxy) is 3. The van der Waals surface area contributed by atoms with Crippen LogP contribution in [0.25, 0.3) is 0 Å². The molecule has 0 unspecified atom stereocenters. The maximum absolute atomic E-state index is 12.8. The van der Waals surface area contributed by atoms with E-state index < -0.39 is 0 Å². The first-order valence-electron chi connectivity index (χ1n) is 11.6. The van der Waals surface area contributed by atoms with Gasteiger partial charge in [-0.3, -0.25) is 9.69 Å². The summed E-state index contributed by atoms with van der Waals surface area (Å²) in [4.78, 5) is 17.4. The van der Waals surface area contributed by atoms with Crippen molar-refractivity contribution in [2.24, 2.45) is 0 Å². The lowest BCUT2D eigenvalue weighted by Crippen LogP contribution is -2.36. The molecule has 0 aliphatic carbocycles. The maximum Gasteiger partial charge on any atom is 0.238 e. The van der Waals surface area contributed by atoms with Gasteiger partial charge in [0.05, 0.1) is 33.0 Å². The number of hydrogen-bond acceptors (Lipinski definition) is 6. The Labute approximate surface area is 189 Å². The summed E-state index contributed by atoms with van der Waals surface area (Å²) in [5.74, 6) is 1.65. The molecule has 7 nitrogen and oxygen atoms in total. The number of carbonyl (C=O) groups excluding carboxylic acids is 1. The smallest absolute Gasteiger partial charge is 0.238 e. The standard InChI is InChI=1S/C25H31N3O4/c29-25(26-20-5-7-21(8-6-20)27-11-15-30-16-12-27)18-28-10-1-3-22(28)19-4-9-23-24(17-19)32-14-2-13-31-23/h4-9,17,22H,1-3,10-16,18H2,(H,26,29)/t22-/m1/s1. The van der Waals surface area contributed by atoms with Crippen LogP contribution in [0.3, 0.4) is 0 Å². The van der Waals surface area contributed by atoms with Gasteiger partial charge < -0.3 is 24.4 Å². The molecular weight excluding hydrogens is 406 g/mol. The predicted octanol–water partition coefficient (Wildman–Crippen LogP) is 3.46. The first-order chi connectivity index (χ1) is 15.8. The number of carbonyl (C=O) groups is 1. The molecule has 2 aromatic carbocycles. The third-order valence-corrected chi connectivity index (χ3v) is 6.39. The van der Waals surface area contributed by atoms with Gasteiger partial charge in [0, 0.05) is 36.9 Å². The average Bonchev–Trinajstić information content (AvgIpc) is 3.15. The molecule has 7 heteroatoms. The minimum Gasteiger partial charge on any atom is -0.490 e. The number of morpholine rings is 1. The van der Waals surface area contributed by atoms with E-state index in [4.69, 9.17) is 14.2 Å². The van der Waals surface area contributed by atoms with Crippen LogP contribution in [0, 0.1) is 0 Å². The van der Waals surface area contributed by atoms with Gasteiger partial charge in [0.15, 0.2) is 11.5 Å². The van der Waals surface area contributed by atoms with Crippen molar-refractivity contribution < 1.29 is 19.0 Å². The Hall–Kier alpha value is -2.77. The minimum atomic E-state index is 0.0189. The van der Waals surface area contributed by atoms with Gasteiger partial charge in [0.1, 0.15) is 0 Å². The van der Waals surface area contributed by atoms with Gasteiger partial charge >= 0.3 is 0 Å². The number of nitrogens with zero attached hydrogens (tertiary/aromatic N) is 2. The average molecular weight is 438 g/mol. The lowest BCUT2D eigenvalue weighted by molar-refractivity contribution is -0.117. The molecule has 5 rings (SSSR count). The molecule has 2 fully saturated rings. The first-order valence-corrected chi connectivity index (χ1v) is 11.6. The third-order valence-electron chi connectivity index (χ3n) is 6.39. The van der Waals surface area contributed by atoms with Gasteiger partial charge in [-0.1, -0.05) is 6.07 Å². The van der Waals surface area contributed by atoms with E-state index in [0.717, 1.165) is 69.3 Å². The summed E-state index contributed by atoms with van der Waals surface area (Å²) in [5.41, 5.74) is 3.19. The van der Waals surface area contributed by atoms with Gasteiger partial charge in [0.25, 0.3) is 0 Å². The topological polar surface area (TPSA) is 63.3 Å². The molecule has 2 aromatic rings. The highest BCUT2D eigenvalue weighted by atomic mass is 16.5. The molecule has 170 valence electrons. The van der Waals surface area contributed by atoms with Crippen LogP contribution in [0.4, 0.5) is 11.4 Å². The number of benzene rings is 2. The number of fused-ring (bicyclic) bond motifs is 1. The highest BCUT2D eigenvalue weighted by molar-refractivity contribution is 5.92. The van der Waals surface area contributed by atoms with Gasteiger partial charge in [-0.25, -0.2) is 0 Å². The van der Waals surface area contributed by atoms with Gasteiger partial charge in [-0.15, -0.1) is 0 Å². The van der Waals surface area contributed by atoms with E-state index in [1.807, 2.05) is 18.2 Å². The Morgan fingerprint density at radius 1 is 0.906 bits per heavy atom. The first kappa shape index (κ1) is 21.1. The maximum atomic E-state index is 12.8. The van der Waals surface area contributed by atoms with Crippen molar-refractivity contribution in [2.75, 3.05) is 62.8 Å². The monoisotopic (exact) mass is 437 g/mol. The Morgan fingerprint density at radius 3 is 2.50 bits per heavy atom. The van der Waals surface area contributed by atoms with E-state index in [1.165, 1.54) is 11.3 Å². The Kier molecular flexibility index (Phi) is 6.46. The molecule has 0 radical (unpaired) electrons. The quantitative estimate of drug-likeness (QED) is 0.773. The Morgan fingerprint density at radius 2 is 1.69 bits per heavy atom. The van der Waals surface area contributed by atoms with Crippen molar-refractivity contribution in [3.8, 4) is 11.5 Å². The molecule has 0 saturated carbocycles. The summed E-state index contributed by atoms with van der Waals surface area (Å²) in [6, 6.07) is 14.5. The molecule has 0 bridgehead atoms. The lowest BCUT2D eigenvalue weighted by atomic mass is 10.0. The normalized spacial score (nSPS) is 21.2. The molecule has 0 spiro atoms. The number of amides is 1. The van der Waals surface area contributed by atoms with Crippen molar-refractivity contribution in [1.82, 2.24) is 4.90 Å². The van der Waals surface area contributed by atoms with E-state index >= 15 is 0 Å². The molecule has 1 N–H and O–H groups in total. The van der Waals surface area contributed by atoms with E-state index in [9.17, 15) is 4.79 Å². The van der Waals surface area contributed by atoms with Crippen molar-refractivity contribution in [3.63, 3.8) is 0 Å². The predicted molar refractivity (Wildman–Crippen MR) is 124 cm³/mol. The molecule has 0 aromatic heterocycles. The van der Waals surface area contributed by atoms with Crippen molar-refractivity contribution in [2.45, 2.75) is 25.3 Å². The zero-order valence-electron chi connectivity index (χ0n) is 18.4. The summed E-state index contributed by atoms with van der Waals surface area (Å²) in [6.45, 7) is 6.00. The fraction of sp³-hybridized carbons (Fsp3) is 0.480.